The maximum absolute atomic E-state index is 11.8. The summed E-state index contributed by atoms with van der Waals surface area (Å²) in [5.41, 5.74) is 1.54. The van der Waals surface area contributed by atoms with E-state index >= 15 is 0 Å². The number of nitrogens with zero attached hydrogens (tertiary/aromatic N) is 1. The van der Waals surface area contributed by atoms with Gasteiger partial charge in [0.15, 0.2) is 0 Å². The van der Waals surface area contributed by atoms with Gasteiger partial charge in [0.05, 0.1) is 12.8 Å². The van der Waals surface area contributed by atoms with Crippen molar-refractivity contribution in [1.29, 1.82) is 0 Å². The summed E-state index contributed by atoms with van der Waals surface area (Å²) in [5, 5.41) is 0. The van der Waals surface area contributed by atoms with Gasteiger partial charge in [-0.2, -0.15) is 0 Å². The highest BCUT2D eigenvalue weighted by Gasteiger charge is 2.28. The molecule has 0 atom stereocenters. The fourth-order valence-electron chi connectivity index (χ4n) is 2.03. The molecule has 1 fully saturated rings. The van der Waals surface area contributed by atoms with Gasteiger partial charge in [-0.05, 0) is 37.1 Å². The zero-order chi connectivity index (χ0) is 12.4. The number of amides is 2. The van der Waals surface area contributed by atoms with Crippen LogP contribution < -0.4 is 9.64 Å². The van der Waals surface area contributed by atoms with Crippen molar-refractivity contribution < 1.29 is 14.3 Å². The van der Waals surface area contributed by atoms with Crippen LogP contribution in [-0.2, 0) is 9.59 Å². The van der Waals surface area contributed by atoms with Crippen LogP contribution in [0.1, 0.15) is 24.8 Å². The zero-order valence-corrected chi connectivity index (χ0v) is 10.0. The maximum atomic E-state index is 11.8. The van der Waals surface area contributed by atoms with Crippen LogP contribution in [-0.4, -0.2) is 18.9 Å². The van der Waals surface area contributed by atoms with Crippen molar-refractivity contribution in [3.8, 4) is 5.75 Å². The highest BCUT2D eigenvalue weighted by Crippen LogP contribution is 2.28. The molecule has 0 unspecified atom stereocenters. The Morgan fingerprint density at radius 2 is 1.82 bits per heavy atom. The van der Waals surface area contributed by atoms with Crippen LogP contribution in [0.5, 0.6) is 5.75 Å². The molecule has 1 aromatic carbocycles. The second-order valence-corrected chi connectivity index (χ2v) is 4.13. The third-order valence-corrected chi connectivity index (χ3v) is 2.92. The molecule has 2 amide bonds. The minimum absolute atomic E-state index is 0.116. The van der Waals surface area contributed by atoms with Crippen molar-refractivity contribution in [1.82, 2.24) is 0 Å². The quantitative estimate of drug-likeness (QED) is 0.734. The number of piperidine rings is 1. The van der Waals surface area contributed by atoms with Gasteiger partial charge in [0, 0.05) is 12.8 Å². The number of carbonyl (C=O) groups excluding carboxylic acids is 2. The summed E-state index contributed by atoms with van der Waals surface area (Å²) >= 11 is 0. The normalized spacial score (nSPS) is 16.2. The van der Waals surface area contributed by atoms with Crippen LogP contribution in [0.2, 0.25) is 0 Å². The van der Waals surface area contributed by atoms with Gasteiger partial charge in [0.1, 0.15) is 5.75 Å². The van der Waals surface area contributed by atoms with E-state index in [-0.39, 0.29) is 11.8 Å². The molecule has 2 rings (SSSR count). The van der Waals surface area contributed by atoms with Gasteiger partial charge < -0.3 is 4.74 Å². The Hall–Kier alpha value is -1.84. The van der Waals surface area contributed by atoms with Crippen molar-refractivity contribution in [2.24, 2.45) is 0 Å². The standard InChI is InChI=1S/C13H15NO3/c1-9-8-10(17-2)6-7-11(9)14-12(15)4-3-5-13(14)16/h6-8H,3-5H2,1-2H3. The van der Waals surface area contributed by atoms with Crippen molar-refractivity contribution in [2.75, 3.05) is 12.0 Å². The Morgan fingerprint density at radius 3 is 2.35 bits per heavy atom. The molecule has 0 aliphatic carbocycles. The lowest BCUT2D eigenvalue weighted by atomic mass is 10.1. The monoisotopic (exact) mass is 233 g/mol. The molecule has 1 aliphatic heterocycles. The minimum Gasteiger partial charge on any atom is -0.497 e. The molecule has 0 bridgehead atoms. The first kappa shape index (κ1) is 11.6. The van der Waals surface area contributed by atoms with E-state index in [2.05, 4.69) is 0 Å². The molecule has 0 spiro atoms. The van der Waals surface area contributed by atoms with Crippen molar-refractivity contribution in [3.05, 3.63) is 23.8 Å². The Balaban J connectivity index is 2.38. The van der Waals surface area contributed by atoms with E-state index in [0.717, 1.165) is 11.3 Å². The number of hydrogen-bond donors (Lipinski definition) is 0. The predicted octanol–water partition coefficient (Wildman–Crippen LogP) is 2.05. The smallest absolute Gasteiger partial charge is 0.233 e. The Morgan fingerprint density at radius 1 is 1.18 bits per heavy atom. The number of ether oxygens (including phenoxy) is 1. The third kappa shape index (κ3) is 2.16. The molecule has 1 aliphatic rings. The summed E-state index contributed by atoms with van der Waals surface area (Å²) in [4.78, 5) is 24.9. The topological polar surface area (TPSA) is 46.6 Å². The second kappa shape index (κ2) is 4.57. The minimum atomic E-state index is -0.116. The Bertz CT molecular complexity index is 452. The van der Waals surface area contributed by atoms with Gasteiger partial charge in [-0.25, -0.2) is 0 Å². The first-order chi connectivity index (χ1) is 8.13. The average molecular weight is 233 g/mol. The number of benzene rings is 1. The molecule has 17 heavy (non-hydrogen) atoms. The van der Waals surface area contributed by atoms with Gasteiger partial charge >= 0.3 is 0 Å². The number of anilines is 1. The summed E-state index contributed by atoms with van der Waals surface area (Å²) in [5.74, 6) is 0.493. The summed E-state index contributed by atoms with van der Waals surface area (Å²) in [6.45, 7) is 1.87. The summed E-state index contributed by atoms with van der Waals surface area (Å²) in [7, 11) is 1.59. The first-order valence-electron chi connectivity index (χ1n) is 5.64. The molecule has 0 saturated carbocycles. The number of aryl methyl sites for hydroxylation is 1. The van der Waals surface area contributed by atoms with Gasteiger partial charge in [-0.3, -0.25) is 14.5 Å². The lowest BCUT2D eigenvalue weighted by molar-refractivity contribution is -0.129. The summed E-state index contributed by atoms with van der Waals surface area (Å²) in [6, 6.07) is 5.34. The molecular formula is C13H15NO3. The summed E-state index contributed by atoms with van der Waals surface area (Å²) in [6.07, 6.45) is 1.54. The van der Waals surface area contributed by atoms with E-state index < -0.39 is 0 Å². The van der Waals surface area contributed by atoms with Crippen molar-refractivity contribution >= 4 is 17.5 Å². The van der Waals surface area contributed by atoms with Gasteiger partial charge in [-0.15, -0.1) is 0 Å². The first-order valence-corrected chi connectivity index (χ1v) is 5.64. The van der Waals surface area contributed by atoms with Crippen molar-refractivity contribution in [2.45, 2.75) is 26.2 Å². The molecule has 0 radical (unpaired) electrons. The van der Waals surface area contributed by atoms with Crippen LogP contribution in [0, 0.1) is 6.92 Å². The average Bonchev–Trinajstić information content (AvgIpc) is 2.30. The highest BCUT2D eigenvalue weighted by molar-refractivity contribution is 6.16. The van der Waals surface area contributed by atoms with Crippen LogP contribution in [0.15, 0.2) is 18.2 Å². The highest BCUT2D eigenvalue weighted by atomic mass is 16.5. The molecular weight excluding hydrogens is 218 g/mol. The maximum Gasteiger partial charge on any atom is 0.233 e. The Labute approximate surface area is 100 Å². The van der Waals surface area contributed by atoms with Gasteiger partial charge in [0.25, 0.3) is 0 Å². The molecule has 4 nitrogen and oxygen atoms in total. The molecule has 0 N–H and O–H groups in total. The van der Waals surface area contributed by atoms with Crippen molar-refractivity contribution in [3.63, 3.8) is 0 Å². The van der Waals surface area contributed by atoms with E-state index in [4.69, 9.17) is 4.74 Å². The molecule has 90 valence electrons. The molecule has 1 aromatic rings. The number of hydrogen-bond acceptors (Lipinski definition) is 3. The third-order valence-electron chi connectivity index (χ3n) is 2.92. The molecule has 1 heterocycles. The molecule has 4 heteroatoms. The van der Waals surface area contributed by atoms with E-state index in [1.165, 1.54) is 4.90 Å². The number of methoxy groups -OCH3 is 1. The van der Waals surface area contributed by atoms with Crippen LogP contribution in [0.4, 0.5) is 5.69 Å². The fourth-order valence-corrected chi connectivity index (χ4v) is 2.03. The lowest BCUT2D eigenvalue weighted by Gasteiger charge is -2.26. The van der Waals surface area contributed by atoms with Crippen LogP contribution in [0.25, 0.3) is 0 Å². The molecule has 0 aromatic heterocycles. The SMILES string of the molecule is COc1ccc(N2C(=O)CCCC2=O)c(C)c1. The number of imide groups is 1. The van der Waals surface area contributed by atoms with E-state index in [0.29, 0.717) is 24.9 Å². The summed E-state index contributed by atoms with van der Waals surface area (Å²) < 4.78 is 5.10. The van der Waals surface area contributed by atoms with E-state index in [1.807, 2.05) is 13.0 Å². The predicted molar refractivity (Wildman–Crippen MR) is 64.1 cm³/mol. The second-order valence-electron chi connectivity index (χ2n) is 4.13. The van der Waals surface area contributed by atoms with Gasteiger partial charge in [-0.1, -0.05) is 0 Å². The zero-order valence-electron chi connectivity index (χ0n) is 10.0. The van der Waals surface area contributed by atoms with Crippen LogP contribution in [0.3, 0.4) is 0 Å². The van der Waals surface area contributed by atoms with E-state index in [1.54, 1.807) is 19.2 Å². The largest absolute Gasteiger partial charge is 0.497 e. The number of rotatable bonds is 2. The fraction of sp³-hybridized carbons (Fsp3) is 0.385. The lowest BCUT2D eigenvalue weighted by Crippen LogP contribution is -2.40. The van der Waals surface area contributed by atoms with E-state index in [9.17, 15) is 9.59 Å². The molecule has 1 saturated heterocycles. The Kier molecular flexibility index (Phi) is 3.13. The van der Waals surface area contributed by atoms with Gasteiger partial charge in [0.2, 0.25) is 11.8 Å². The van der Waals surface area contributed by atoms with Crippen LogP contribution >= 0.6 is 0 Å². The number of carbonyl (C=O) groups is 2.